The molecule has 0 spiro atoms. The average Bonchev–Trinajstić information content (AvgIpc) is 2.89. The molecule has 1 rings (SSSR count). The first-order valence-electron chi connectivity index (χ1n) is 6.96. The number of carbonyl (C=O) groups excluding carboxylic acids is 2. The lowest BCUT2D eigenvalue weighted by Crippen LogP contribution is -2.44. The van der Waals surface area contributed by atoms with Gasteiger partial charge in [-0.15, -0.1) is 0 Å². The summed E-state index contributed by atoms with van der Waals surface area (Å²) in [7, 11) is 4.77. The van der Waals surface area contributed by atoms with Crippen LogP contribution in [0.25, 0.3) is 0 Å². The van der Waals surface area contributed by atoms with Gasteiger partial charge in [0.1, 0.15) is 0 Å². The van der Waals surface area contributed by atoms with E-state index in [2.05, 4.69) is 23.9 Å². The molecule has 6 nitrogen and oxygen atoms in total. The van der Waals surface area contributed by atoms with Crippen LogP contribution in [0, 0.1) is 5.92 Å². The van der Waals surface area contributed by atoms with E-state index in [1.807, 2.05) is 0 Å². The standard InChI is InChI=1S/C15H24N2O4/c1-10(2)8-12(14(18)17(3)4)16-9-11-6-7-21-13(11)15(19)20-5/h6-7,10,12,16H,8-9H2,1-5H3. The number of hydrogen-bond acceptors (Lipinski definition) is 5. The van der Waals surface area contributed by atoms with E-state index in [0.717, 1.165) is 6.42 Å². The minimum Gasteiger partial charge on any atom is -0.463 e. The molecule has 1 unspecified atom stereocenters. The van der Waals surface area contributed by atoms with Crippen LogP contribution in [0.3, 0.4) is 0 Å². The number of amides is 1. The van der Waals surface area contributed by atoms with Crippen LogP contribution >= 0.6 is 0 Å². The van der Waals surface area contributed by atoms with E-state index in [4.69, 9.17) is 4.42 Å². The van der Waals surface area contributed by atoms with Crippen molar-refractivity contribution in [1.29, 1.82) is 0 Å². The summed E-state index contributed by atoms with van der Waals surface area (Å²) in [5, 5.41) is 3.19. The van der Waals surface area contributed by atoms with E-state index in [-0.39, 0.29) is 17.7 Å². The van der Waals surface area contributed by atoms with E-state index >= 15 is 0 Å². The van der Waals surface area contributed by atoms with Crippen molar-refractivity contribution in [3.63, 3.8) is 0 Å². The Kier molecular flexibility index (Phi) is 6.42. The van der Waals surface area contributed by atoms with Crippen molar-refractivity contribution in [3.8, 4) is 0 Å². The predicted octanol–water partition coefficient (Wildman–Crippen LogP) is 1.66. The average molecular weight is 296 g/mol. The van der Waals surface area contributed by atoms with Gasteiger partial charge in [0, 0.05) is 26.2 Å². The normalized spacial score (nSPS) is 12.3. The van der Waals surface area contributed by atoms with E-state index in [1.165, 1.54) is 13.4 Å². The van der Waals surface area contributed by atoms with Gasteiger partial charge in [0.25, 0.3) is 0 Å². The highest BCUT2D eigenvalue weighted by Gasteiger charge is 2.22. The van der Waals surface area contributed by atoms with Gasteiger partial charge >= 0.3 is 5.97 Å². The summed E-state index contributed by atoms with van der Waals surface area (Å²) < 4.78 is 9.79. The van der Waals surface area contributed by atoms with Gasteiger partial charge in [0.2, 0.25) is 11.7 Å². The van der Waals surface area contributed by atoms with Crippen molar-refractivity contribution in [3.05, 3.63) is 23.7 Å². The lowest BCUT2D eigenvalue weighted by atomic mass is 10.0. The highest BCUT2D eigenvalue weighted by molar-refractivity contribution is 5.87. The van der Waals surface area contributed by atoms with Crippen molar-refractivity contribution in [1.82, 2.24) is 10.2 Å². The van der Waals surface area contributed by atoms with Crippen LogP contribution in [0.1, 0.15) is 36.4 Å². The Hall–Kier alpha value is -1.82. The Morgan fingerprint density at radius 2 is 2.05 bits per heavy atom. The molecule has 0 aliphatic rings. The van der Waals surface area contributed by atoms with Crippen molar-refractivity contribution < 1.29 is 18.7 Å². The lowest BCUT2D eigenvalue weighted by Gasteiger charge is -2.23. The van der Waals surface area contributed by atoms with E-state index < -0.39 is 5.97 Å². The van der Waals surface area contributed by atoms with E-state index in [0.29, 0.717) is 18.0 Å². The van der Waals surface area contributed by atoms with Crippen LogP contribution in [0.2, 0.25) is 0 Å². The van der Waals surface area contributed by atoms with Gasteiger partial charge in [-0.1, -0.05) is 13.8 Å². The summed E-state index contributed by atoms with van der Waals surface area (Å²) in [6.07, 6.45) is 2.16. The highest BCUT2D eigenvalue weighted by atomic mass is 16.5. The van der Waals surface area contributed by atoms with Crippen LogP contribution in [-0.4, -0.2) is 44.0 Å². The third-order valence-corrected chi connectivity index (χ3v) is 3.10. The minimum atomic E-state index is -0.517. The van der Waals surface area contributed by atoms with Gasteiger partial charge in [-0.3, -0.25) is 4.79 Å². The number of furan rings is 1. The van der Waals surface area contributed by atoms with Crippen molar-refractivity contribution >= 4 is 11.9 Å². The molecule has 118 valence electrons. The summed E-state index contributed by atoms with van der Waals surface area (Å²) in [4.78, 5) is 25.3. The zero-order valence-electron chi connectivity index (χ0n) is 13.3. The van der Waals surface area contributed by atoms with Crippen molar-refractivity contribution in [2.24, 2.45) is 5.92 Å². The first-order valence-corrected chi connectivity index (χ1v) is 6.96. The van der Waals surface area contributed by atoms with Gasteiger partial charge in [0.15, 0.2) is 0 Å². The highest BCUT2D eigenvalue weighted by Crippen LogP contribution is 2.13. The molecule has 0 saturated heterocycles. The maximum atomic E-state index is 12.2. The summed E-state index contributed by atoms with van der Waals surface area (Å²) in [6.45, 7) is 4.50. The largest absolute Gasteiger partial charge is 0.463 e. The van der Waals surface area contributed by atoms with Crippen molar-refractivity contribution in [2.45, 2.75) is 32.9 Å². The van der Waals surface area contributed by atoms with Gasteiger partial charge in [-0.05, 0) is 18.4 Å². The Bertz CT molecular complexity index is 480. The van der Waals surface area contributed by atoms with Crippen molar-refractivity contribution in [2.75, 3.05) is 21.2 Å². The number of methoxy groups -OCH3 is 1. The minimum absolute atomic E-state index is 0.0202. The van der Waals surface area contributed by atoms with Crippen LogP contribution < -0.4 is 5.32 Å². The number of ether oxygens (including phenoxy) is 1. The monoisotopic (exact) mass is 296 g/mol. The number of hydrogen-bond donors (Lipinski definition) is 1. The zero-order valence-corrected chi connectivity index (χ0v) is 13.3. The maximum Gasteiger partial charge on any atom is 0.374 e. The molecule has 21 heavy (non-hydrogen) atoms. The molecule has 1 N–H and O–H groups in total. The molecule has 6 heteroatoms. The fourth-order valence-electron chi connectivity index (χ4n) is 2.03. The molecular formula is C15H24N2O4. The smallest absolute Gasteiger partial charge is 0.374 e. The molecule has 0 aromatic carbocycles. The lowest BCUT2D eigenvalue weighted by molar-refractivity contribution is -0.131. The van der Waals surface area contributed by atoms with Crippen LogP contribution in [0.4, 0.5) is 0 Å². The summed E-state index contributed by atoms with van der Waals surface area (Å²) in [6, 6.07) is 1.41. The number of nitrogens with one attached hydrogen (secondary N) is 1. The van der Waals surface area contributed by atoms with Gasteiger partial charge < -0.3 is 19.4 Å². The quantitative estimate of drug-likeness (QED) is 0.775. The van der Waals surface area contributed by atoms with E-state index in [1.54, 1.807) is 25.1 Å². The van der Waals surface area contributed by atoms with Gasteiger partial charge in [-0.2, -0.15) is 0 Å². The molecule has 0 bridgehead atoms. The van der Waals surface area contributed by atoms with Gasteiger partial charge in [0.05, 0.1) is 19.4 Å². The molecule has 1 aromatic heterocycles. The summed E-state index contributed by atoms with van der Waals surface area (Å²) >= 11 is 0. The molecule has 1 atom stereocenters. The molecule has 0 aliphatic carbocycles. The molecule has 1 heterocycles. The molecule has 0 radical (unpaired) electrons. The zero-order chi connectivity index (χ0) is 16.0. The summed E-state index contributed by atoms with van der Waals surface area (Å²) in [5.41, 5.74) is 0.683. The molecule has 1 aromatic rings. The molecule has 0 fully saturated rings. The maximum absolute atomic E-state index is 12.2. The second-order valence-corrected chi connectivity index (χ2v) is 5.56. The Morgan fingerprint density at radius 1 is 1.38 bits per heavy atom. The molecular weight excluding hydrogens is 272 g/mol. The molecule has 1 amide bonds. The number of carbonyl (C=O) groups is 2. The van der Waals surface area contributed by atoms with Crippen LogP contribution in [-0.2, 0) is 16.1 Å². The van der Waals surface area contributed by atoms with Crippen LogP contribution in [0.5, 0.6) is 0 Å². The number of esters is 1. The second-order valence-electron chi connectivity index (χ2n) is 5.56. The Morgan fingerprint density at radius 3 is 2.57 bits per heavy atom. The first-order chi connectivity index (χ1) is 9.86. The second kappa shape index (κ2) is 7.83. The number of rotatable bonds is 7. The first kappa shape index (κ1) is 17.2. The van der Waals surface area contributed by atoms with Gasteiger partial charge in [-0.25, -0.2) is 4.79 Å². The number of likely N-dealkylation sites (N-methyl/N-ethyl adjacent to an activating group) is 1. The molecule has 0 saturated carbocycles. The Labute approximate surface area is 125 Å². The SMILES string of the molecule is COC(=O)c1occc1CNC(CC(C)C)C(=O)N(C)C. The van der Waals surface area contributed by atoms with E-state index in [9.17, 15) is 9.59 Å². The Balaban J connectivity index is 2.75. The summed E-state index contributed by atoms with van der Waals surface area (Å²) in [5.74, 6) is 0.0596. The predicted molar refractivity (Wildman–Crippen MR) is 78.8 cm³/mol. The third-order valence-electron chi connectivity index (χ3n) is 3.10. The fourth-order valence-corrected chi connectivity index (χ4v) is 2.03. The fraction of sp³-hybridized carbons (Fsp3) is 0.600. The topological polar surface area (TPSA) is 71.8 Å². The van der Waals surface area contributed by atoms with Crippen LogP contribution in [0.15, 0.2) is 16.7 Å². The number of nitrogens with zero attached hydrogens (tertiary/aromatic N) is 1. The molecule has 0 aliphatic heterocycles. The third kappa shape index (κ3) is 4.90.